The third-order valence-corrected chi connectivity index (χ3v) is 5.97. The van der Waals surface area contributed by atoms with Crippen molar-refractivity contribution < 1.29 is 19.2 Å². The second-order valence-electron chi connectivity index (χ2n) is 7.57. The summed E-state index contributed by atoms with van der Waals surface area (Å²) in [6.45, 7) is 0. The van der Waals surface area contributed by atoms with E-state index in [0.717, 1.165) is 25.1 Å². The quantitative estimate of drug-likeness (QED) is 0.279. The van der Waals surface area contributed by atoms with Crippen LogP contribution in [0.5, 0.6) is 0 Å². The summed E-state index contributed by atoms with van der Waals surface area (Å²) in [5, 5.41) is 0. The number of carbonyl (C=O) groups excluding carboxylic acids is 4. The summed E-state index contributed by atoms with van der Waals surface area (Å²) in [4.78, 5) is 48.9. The molecule has 4 heteroatoms. The molecular weight excluding hydrogens is 412 g/mol. The number of hydrogen-bond donors (Lipinski definition) is 0. The molecule has 4 nitrogen and oxygen atoms in total. The third kappa shape index (κ3) is 3.52. The van der Waals surface area contributed by atoms with E-state index in [-0.39, 0.29) is 0 Å². The Morgan fingerprint density at radius 3 is 0.788 bits per heavy atom. The van der Waals surface area contributed by atoms with Gasteiger partial charge < -0.3 is 0 Å². The molecule has 0 saturated heterocycles. The number of carbonyl (C=O) groups is 4. The van der Waals surface area contributed by atoms with E-state index in [1.165, 1.54) is 0 Å². The molecule has 4 aromatic rings. The summed E-state index contributed by atoms with van der Waals surface area (Å²) in [5.41, 5.74) is 2.54. The zero-order valence-electron chi connectivity index (χ0n) is 17.7. The number of benzene rings is 4. The van der Waals surface area contributed by atoms with Crippen molar-refractivity contribution in [3.05, 3.63) is 142 Å². The van der Waals surface area contributed by atoms with E-state index in [4.69, 9.17) is 0 Å². The van der Waals surface area contributed by atoms with E-state index < -0.39 is 5.41 Å². The molecular formula is C29H20O4. The molecule has 0 bridgehead atoms. The molecule has 0 aliphatic rings. The molecule has 0 saturated carbocycles. The van der Waals surface area contributed by atoms with E-state index in [1.807, 2.05) is 0 Å². The van der Waals surface area contributed by atoms with Gasteiger partial charge in [0.15, 0.2) is 0 Å². The molecule has 0 spiro atoms. The molecule has 0 atom stereocenters. The van der Waals surface area contributed by atoms with Crippen LogP contribution in [0.4, 0.5) is 0 Å². The molecule has 4 aromatic carbocycles. The van der Waals surface area contributed by atoms with Crippen LogP contribution in [0.25, 0.3) is 0 Å². The predicted octanol–water partition coefficient (Wildman–Crippen LogP) is 5.32. The Balaban J connectivity index is 2.36. The van der Waals surface area contributed by atoms with Crippen molar-refractivity contribution in [1.82, 2.24) is 0 Å². The smallest absolute Gasteiger partial charge is 0.150 e. The topological polar surface area (TPSA) is 68.3 Å². The van der Waals surface area contributed by atoms with E-state index in [0.29, 0.717) is 44.5 Å². The van der Waals surface area contributed by atoms with Crippen LogP contribution in [0.2, 0.25) is 0 Å². The lowest BCUT2D eigenvalue weighted by Crippen LogP contribution is -2.35. The molecule has 0 aliphatic carbocycles. The zero-order chi connectivity index (χ0) is 23.3. The molecule has 0 aromatic heterocycles. The highest BCUT2D eigenvalue weighted by Crippen LogP contribution is 2.48. The lowest BCUT2D eigenvalue weighted by molar-refractivity contribution is 0.111. The molecule has 0 radical (unpaired) electrons. The number of rotatable bonds is 8. The van der Waals surface area contributed by atoms with Crippen molar-refractivity contribution in [2.75, 3.05) is 0 Å². The van der Waals surface area contributed by atoms with Crippen molar-refractivity contribution in [3.63, 3.8) is 0 Å². The normalized spacial score (nSPS) is 10.9. The highest BCUT2D eigenvalue weighted by Gasteiger charge is 2.43. The summed E-state index contributed by atoms with van der Waals surface area (Å²) < 4.78 is 0. The lowest BCUT2D eigenvalue weighted by Gasteiger charge is -2.39. The van der Waals surface area contributed by atoms with Gasteiger partial charge in [-0.2, -0.15) is 0 Å². The summed E-state index contributed by atoms with van der Waals surface area (Å²) in [6.07, 6.45) is 3.00. The highest BCUT2D eigenvalue weighted by molar-refractivity contribution is 5.90. The van der Waals surface area contributed by atoms with Gasteiger partial charge in [0.25, 0.3) is 0 Å². The summed E-state index contributed by atoms with van der Waals surface area (Å²) in [5.74, 6) is 0. The monoisotopic (exact) mass is 432 g/mol. The fourth-order valence-corrected chi connectivity index (χ4v) is 4.64. The Labute approximate surface area is 191 Å². The number of aldehydes is 4. The molecule has 0 aliphatic heterocycles. The average Bonchev–Trinajstić information content (AvgIpc) is 2.90. The molecule has 33 heavy (non-hydrogen) atoms. The highest BCUT2D eigenvalue weighted by atomic mass is 16.1. The van der Waals surface area contributed by atoms with Gasteiger partial charge in [-0.25, -0.2) is 0 Å². The van der Waals surface area contributed by atoms with Gasteiger partial charge >= 0.3 is 0 Å². The Bertz CT molecular complexity index is 1140. The Morgan fingerprint density at radius 1 is 0.364 bits per heavy atom. The minimum atomic E-state index is -1.29. The fourth-order valence-electron chi connectivity index (χ4n) is 4.64. The van der Waals surface area contributed by atoms with Crippen molar-refractivity contribution in [2.24, 2.45) is 0 Å². The van der Waals surface area contributed by atoms with Crippen LogP contribution in [0, 0.1) is 0 Å². The Hall–Kier alpha value is -4.44. The van der Waals surface area contributed by atoms with Gasteiger partial charge in [-0.3, -0.25) is 19.2 Å². The summed E-state index contributed by atoms with van der Waals surface area (Å²) >= 11 is 0. The maximum atomic E-state index is 12.2. The van der Waals surface area contributed by atoms with Gasteiger partial charge in [0.1, 0.15) is 25.1 Å². The lowest BCUT2D eigenvalue weighted by atomic mass is 9.61. The van der Waals surface area contributed by atoms with Gasteiger partial charge in [0.2, 0.25) is 0 Å². The van der Waals surface area contributed by atoms with Crippen LogP contribution >= 0.6 is 0 Å². The zero-order valence-corrected chi connectivity index (χ0v) is 17.7. The van der Waals surface area contributed by atoms with Crippen molar-refractivity contribution in [1.29, 1.82) is 0 Å². The molecule has 4 rings (SSSR count). The van der Waals surface area contributed by atoms with Gasteiger partial charge in [-0.15, -0.1) is 0 Å². The third-order valence-electron chi connectivity index (χ3n) is 5.97. The van der Waals surface area contributed by atoms with Crippen LogP contribution in [-0.2, 0) is 5.41 Å². The van der Waals surface area contributed by atoms with E-state index in [9.17, 15) is 19.2 Å². The van der Waals surface area contributed by atoms with Gasteiger partial charge in [-0.1, -0.05) is 97.1 Å². The molecule has 0 amide bonds. The molecule has 160 valence electrons. The molecule has 0 unspecified atom stereocenters. The minimum absolute atomic E-state index is 0.389. The first-order valence-corrected chi connectivity index (χ1v) is 10.4. The second kappa shape index (κ2) is 9.37. The van der Waals surface area contributed by atoms with Gasteiger partial charge in [0.05, 0.1) is 5.41 Å². The SMILES string of the molecule is O=Cc1ccccc1C(c1ccccc1C=O)(c1ccccc1C=O)c1ccccc1C=O. The van der Waals surface area contributed by atoms with Gasteiger partial charge in [0, 0.05) is 22.3 Å². The first kappa shape index (κ1) is 21.8. The summed E-state index contributed by atoms with van der Waals surface area (Å²) in [7, 11) is 0. The molecule has 0 N–H and O–H groups in total. The minimum Gasteiger partial charge on any atom is -0.298 e. The van der Waals surface area contributed by atoms with Crippen molar-refractivity contribution in [2.45, 2.75) is 5.41 Å². The largest absolute Gasteiger partial charge is 0.298 e. The van der Waals surface area contributed by atoms with E-state index in [1.54, 1.807) is 97.1 Å². The second-order valence-corrected chi connectivity index (χ2v) is 7.57. The van der Waals surface area contributed by atoms with E-state index >= 15 is 0 Å². The van der Waals surface area contributed by atoms with Crippen LogP contribution in [0.15, 0.2) is 97.1 Å². The van der Waals surface area contributed by atoms with E-state index in [2.05, 4.69) is 0 Å². The first-order valence-electron chi connectivity index (χ1n) is 10.4. The maximum Gasteiger partial charge on any atom is 0.150 e. The standard InChI is InChI=1S/C29H20O4/c30-17-21-9-1-5-13-25(21)29(26-14-6-2-10-22(26)18-31,27-15-7-3-11-23(27)19-32)28-16-8-4-12-24(28)20-33/h1-20H. The van der Waals surface area contributed by atoms with Crippen LogP contribution in [0.3, 0.4) is 0 Å². The Kier molecular flexibility index (Phi) is 6.18. The van der Waals surface area contributed by atoms with Crippen LogP contribution < -0.4 is 0 Å². The fraction of sp³-hybridized carbons (Fsp3) is 0.0345. The van der Waals surface area contributed by atoms with Crippen molar-refractivity contribution >= 4 is 25.1 Å². The average molecular weight is 432 g/mol. The summed E-state index contributed by atoms with van der Waals surface area (Å²) in [6, 6.07) is 28.2. The first-order chi connectivity index (χ1) is 16.2. The Morgan fingerprint density at radius 2 is 0.576 bits per heavy atom. The molecule has 0 heterocycles. The molecule has 0 fully saturated rings. The van der Waals surface area contributed by atoms with Crippen molar-refractivity contribution in [3.8, 4) is 0 Å². The maximum absolute atomic E-state index is 12.2. The predicted molar refractivity (Wildman–Crippen MR) is 126 cm³/mol. The van der Waals surface area contributed by atoms with Crippen LogP contribution in [0.1, 0.15) is 63.7 Å². The number of hydrogen-bond acceptors (Lipinski definition) is 4. The van der Waals surface area contributed by atoms with Crippen LogP contribution in [-0.4, -0.2) is 25.1 Å². The van der Waals surface area contributed by atoms with Gasteiger partial charge in [-0.05, 0) is 22.3 Å².